The minimum Gasteiger partial charge on any atom is -0.507 e. The van der Waals surface area contributed by atoms with Gasteiger partial charge in [0.1, 0.15) is 19.0 Å². The molecule has 0 spiro atoms. The highest BCUT2D eigenvalue weighted by Crippen LogP contribution is 2.45. The zero-order valence-corrected chi connectivity index (χ0v) is 22.1. The smallest absolute Gasteiger partial charge is 0.301 e. The lowest BCUT2D eigenvalue weighted by molar-refractivity contribution is -0.132. The van der Waals surface area contributed by atoms with Crippen molar-refractivity contribution in [3.63, 3.8) is 0 Å². The van der Waals surface area contributed by atoms with E-state index < -0.39 is 17.7 Å². The number of aliphatic hydroxyl groups is 1. The summed E-state index contributed by atoms with van der Waals surface area (Å²) < 4.78 is 13.0. The molecule has 1 saturated heterocycles. The highest BCUT2D eigenvalue weighted by atomic mass is 127. The number of thiazole rings is 1. The van der Waals surface area contributed by atoms with Crippen molar-refractivity contribution in [2.24, 2.45) is 0 Å². The number of nitrogens with zero attached hydrogens (tertiary/aromatic N) is 2. The number of fused-ring (bicyclic) bond motifs is 2. The Bertz CT molecular complexity index is 1580. The molecule has 6 rings (SSSR count). The van der Waals surface area contributed by atoms with Crippen LogP contribution in [0.4, 0.5) is 5.13 Å². The predicted octanol–water partition coefficient (Wildman–Crippen LogP) is 5.95. The Hall–Kier alpha value is -3.15. The second kappa shape index (κ2) is 9.06. The number of carbonyl (C=O) groups is 2. The summed E-state index contributed by atoms with van der Waals surface area (Å²) in [7, 11) is 0. The summed E-state index contributed by atoms with van der Waals surface area (Å²) in [5.74, 6) is -0.819. The topological polar surface area (TPSA) is 89.0 Å². The molecule has 0 aliphatic carbocycles. The molecule has 0 radical (unpaired) electrons. The maximum Gasteiger partial charge on any atom is 0.301 e. The first kappa shape index (κ1) is 23.3. The van der Waals surface area contributed by atoms with Crippen molar-refractivity contribution in [1.82, 2.24) is 4.98 Å². The molecule has 2 aliphatic heterocycles. The van der Waals surface area contributed by atoms with Gasteiger partial charge >= 0.3 is 5.91 Å². The van der Waals surface area contributed by atoms with E-state index >= 15 is 0 Å². The highest BCUT2D eigenvalue weighted by molar-refractivity contribution is 14.1. The van der Waals surface area contributed by atoms with Gasteiger partial charge in [-0.15, -0.1) is 0 Å². The fraction of sp³-hybridized carbons (Fsp3) is 0.115. The molecular weight excluding hydrogens is 615 g/mol. The highest BCUT2D eigenvalue weighted by Gasteiger charge is 2.48. The van der Waals surface area contributed by atoms with Crippen LogP contribution in [0.1, 0.15) is 17.2 Å². The third-order valence-electron chi connectivity index (χ3n) is 5.99. The summed E-state index contributed by atoms with van der Waals surface area (Å²) in [6, 6.07) is 16.8. The number of amides is 1. The first-order valence-corrected chi connectivity index (χ1v) is 13.2. The number of hydrogen-bond donors (Lipinski definition) is 1. The van der Waals surface area contributed by atoms with Crippen LogP contribution < -0.4 is 14.4 Å². The van der Waals surface area contributed by atoms with E-state index in [0.717, 1.165) is 8.27 Å². The van der Waals surface area contributed by atoms with Gasteiger partial charge < -0.3 is 14.6 Å². The fourth-order valence-corrected chi connectivity index (χ4v) is 5.95. The second-order valence-corrected chi connectivity index (χ2v) is 10.9. The third-order valence-corrected chi connectivity index (χ3v) is 7.96. The molecule has 1 N–H and O–H groups in total. The van der Waals surface area contributed by atoms with Gasteiger partial charge in [0, 0.05) is 14.2 Å². The minimum atomic E-state index is -0.869. The van der Waals surface area contributed by atoms with E-state index in [0.29, 0.717) is 51.5 Å². The molecule has 180 valence electrons. The summed E-state index contributed by atoms with van der Waals surface area (Å²) in [4.78, 5) is 32.8. The Morgan fingerprint density at radius 2 is 1.78 bits per heavy atom. The van der Waals surface area contributed by atoms with E-state index in [1.807, 2.05) is 24.3 Å². The standard InChI is InChI=1S/C26H16ClIN2O5S/c27-15-4-7-17-20(12-15)36-26(29-17)30-22(13-1-5-16(28)6-2-13)21(24(32)25(30)33)23(31)14-3-8-18-19(11-14)35-10-9-34-18/h1-8,11-12,22,31H,9-10H2/b23-21+. The number of benzene rings is 3. The molecule has 1 unspecified atom stereocenters. The molecule has 0 bridgehead atoms. The monoisotopic (exact) mass is 630 g/mol. The molecule has 3 aromatic carbocycles. The van der Waals surface area contributed by atoms with Gasteiger partial charge in [-0.25, -0.2) is 4.98 Å². The van der Waals surface area contributed by atoms with Gasteiger partial charge in [-0.3, -0.25) is 14.5 Å². The molecule has 2 aliphatic rings. The Morgan fingerprint density at radius 1 is 1.03 bits per heavy atom. The summed E-state index contributed by atoms with van der Waals surface area (Å²) in [5, 5.41) is 12.3. The van der Waals surface area contributed by atoms with E-state index in [-0.39, 0.29) is 11.3 Å². The number of ketones is 1. The number of Topliss-reactive ketones (excluding diaryl/α,β-unsaturated/α-hetero) is 1. The van der Waals surface area contributed by atoms with Crippen LogP contribution in [0.5, 0.6) is 11.5 Å². The van der Waals surface area contributed by atoms with Crippen LogP contribution in [0, 0.1) is 3.57 Å². The first-order valence-electron chi connectivity index (χ1n) is 10.9. The zero-order chi connectivity index (χ0) is 25.0. The van der Waals surface area contributed by atoms with Crippen molar-refractivity contribution in [3.8, 4) is 11.5 Å². The number of rotatable bonds is 3. The predicted molar refractivity (Wildman–Crippen MR) is 146 cm³/mol. The molecule has 3 heterocycles. The van der Waals surface area contributed by atoms with Gasteiger partial charge in [0.25, 0.3) is 5.78 Å². The second-order valence-electron chi connectivity index (χ2n) is 8.19. The number of carbonyl (C=O) groups excluding carboxylic acids is 2. The Labute approximate surface area is 228 Å². The average molecular weight is 631 g/mol. The van der Waals surface area contributed by atoms with Crippen LogP contribution >= 0.6 is 45.5 Å². The molecule has 0 saturated carbocycles. The molecule has 7 nitrogen and oxygen atoms in total. The van der Waals surface area contributed by atoms with Crippen molar-refractivity contribution in [2.75, 3.05) is 18.1 Å². The number of halogens is 2. The summed E-state index contributed by atoms with van der Waals surface area (Å²) >= 11 is 9.59. The van der Waals surface area contributed by atoms with Gasteiger partial charge in [0.2, 0.25) is 0 Å². The molecule has 10 heteroatoms. The van der Waals surface area contributed by atoms with E-state index in [1.54, 1.807) is 36.4 Å². The van der Waals surface area contributed by atoms with Crippen LogP contribution in [0.15, 0.2) is 66.2 Å². The lowest BCUT2D eigenvalue weighted by Gasteiger charge is -2.23. The van der Waals surface area contributed by atoms with Crippen LogP contribution in [0.25, 0.3) is 16.0 Å². The van der Waals surface area contributed by atoms with Crippen molar-refractivity contribution in [3.05, 3.63) is 86.0 Å². The van der Waals surface area contributed by atoms with Gasteiger partial charge in [-0.05, 0) is 76.7 Å². The normalized spacial score (nSPS) is 18.7. The number of anilines is 1. The quantitative estimate of drug-likeness (QED) is 0.130. The minimum absolute atomic E-state index is 0.0184. The van der Waals surface area contributed by atoms with Gasteiger partial charge in [-0.2, -0.15) is 0 Å². The molecule has 1 aromatic heterocycles. The van der Waals surface area contributed by atoms with Crippen molar-refractivity contribution in [2.45, 2.75) is 6.04 Å². The maximum absolute atomic E-state index is 13.4. The molecule has 1 fully saturated rings. The zero-order valence-electron chi connectivity index (χ0n) is 18.4. The molecule has 1 amide bonds. The molecular formula is C26H16ClIN2O5S. The van der Waals surface area contributed by atoms with E-state index in [1.165, 1.54) is 16.2 Å². The Kier molecular flexibility index (Phi) is 5.85. The van der Waals surface area contributed by atoms with Crippen LogP contribution in [-0.2, 0) is 9.59 Å². The van der Waals surface area contributed by atoms with E-state index in [2.05, 4.69) is 27.6 Å². The van der Waals surface area contributed by atoms with Crippen LogP contribution in [0.3, 0.4) is 0 Å². The third kappa shape index (κ3) is 3.91. The number of aliphatic hydroxyl groups excluding tert-OH is 1. The van der Waals surface area contributed by atoms with Crippen molar-refractivity contribution < 1.29 is 24.2 Å². The summed E-state index contributed by atoms with van der Waals surface area (Å²) in [6.45, 7) is 0.815. The summed E-state index contributed by atoms with van der Waals surface area (Å²) in [5.41, 5.74) is 1.67. The van der Waals surface area contributed by atoms with Gasteiger partial charge in [0.15, 0.2) is 16.6 Å². The lowest BCUT2D eigenvalue weighted by atomic mass is 9.95. The van der Waals surface area contributed by atoms with Crippen molar-refractivity contribution in [1.29, 1.82) is 0 Å². The SMILES string of the molecule is O=C1C(=O)N(c2nc3ccc(Cl)cc3s2)C(c2ccc(I)cc2)/C1=C(\O)c1ccc2c(c1)OCCO2. The Morgan fingerprint density at radius 3 is 2.56 bits per heavy atom. The van der Waals surface area contributed by atoms with Crippen LogP contribution in [-0.4, -0.2) is 35.0 Å². The first-order chi connectivity index (χ1) is 17.4. The molecule has 36 heavy (non-hydrogen) atoms. The number of ether oxygens (including phenoxy) is 2. The molecule has 1 atom stereocenters. The number of hydrogen-bond acceptors (Lipinski definition) is 7. The average Bonchev–Trinajstić information content (AvgIpc) is 3.41. The number of aromatic nitrogens is 1. The lowest BCUT2D eigenvalue weighted by Crippen LogP contribution is -2.29. The van der Waals surface area contributed by atoms with Gasteiger partial charge in [0.05, 0.1) is 21.8 Å². The fourth-order valence-electron chi connectivity index (χ4n) is 4.33. The Balaban J connectivity index is 1.54. The maximum atomic E-state index is 13.4. The van der Waals surface area contributed by atoms with Crippen LogP contribution in [0.2, 0.25) is 5.02 Å². The van der Waals surface area contributed by atoms with E-state index in [9.17, 15) is 14.7 Å². The largest absolute Gasteiger partial charge is 0.507 e. The molecule has 4 aromatic rings. The van der Waals surface area contributed by atoms with E-state index in [4.69, 9.17) is 21.1 Å². The van der Waals surface area contributed by atoms with Gasteiger partial charge in [-0.1, -0.05) is 35.1 Å². The van der Waals surface area contributed by atoms with Crippen molar-refractivity contribution >= 4 is 78.3 Å². The summed E-state index contributed by atoms with van der Waals surface area (Å²) in [6.07, 6.45) is 0.